The molecule has 0 aromatic heterocycles. The van der Waals surface area contributed by atoms with Gasteiger partial charge >= 0.3 is 0 Å². The maximum absolute atomic E-state index is 12.3. The second-order valence-corrected chi connectivity index (χ2v) is 7.00. The Morgan fingerprint density at radius 2 is 1.07 bits per heavy atom. The van der Waals surface area contributed by atoms with Crippen LogP contribution >= 0.6 is 0 Å². The van der Waals surface area contributed by atoms with Crippen molar-refractivity contribution in [1.29, 1.82) is 0 Å². The summed E-state index contributed by atoms with van der Waals surface area (Å²) in [5, 5.41) is 6.26. The van der Waals surface area contributed by atoms with Gasteiger partial charge in [-0.1, -0.05) is 0 Å². The minimum absolute atomic E-state index is 0.0816. The first-order chi connectivity index (χ1) is 7.21. The molecule has 2 N–H and O–H groups in total. The molecule has 5 heteroatoms. The molecule has 2 rings (SSSR count). The summed E-state index contributed by atoms with van der Waals surface area (Å²) in [6, 6.07) is 0. The van der Waals surface area contributed by atoms with Gasteiger partial charge in [0.15, 0.2) is 9.84 Å². The van der Waals surface area contributed by atoms with E-state index in [9.17, 15) is 8.42 Å². The Labute approximate surface area is 91.7 Å². The minimum atomic E-state index is -2.87. The van der Waals surface area contributed by atoms with Crippen LogP contribution in [0.2, 0.25) is 0 Å². The fraction of sp³-hybridized carbons (Fsp3) is 1.00. The first-order valence-electron chi connectivity index (χ1n) is 5.85. The lowest BCUT2D eigenvalue weighted by atomic mass is 10.1. The average molecular weight is 232 g/mol. The highest BCUT2D eigenvalue weighted by Crippen LogP contribution is 2.23. The van der Waals surface area contributed by atoms with Gasteiger partial charge in [0, 0.05) is 0 Å². The molecule has 88 valence electrons. The van der Waals surface area contributed by atoms with Crippen LogP contribution in [-0.4, -0.2) is 45.1 Å². The fourth-order valence-corrected chi connectivity index (χ4v) is 4.85. The standard InChI is InChI=1S/C10H20N2O2S/c13-15(14,9-1-5-11-6-2-9)10-3-7-12-8-4-10/h9-12H,1-8H2. The van der Waals surface area contributed by atoms with Gasteiger partial charge in [0.25, 0.3) is 0 Å². The number of sulfone groups is 1. The third-order valence-corrected chi connectivity index (χ3v) is 6.30. The molecule has 0 aliphatic carbocycles. The molecule has 0 aromatic rings. The second-order valence-electron chi connectivity index (χ2n) is 4.49. The van der Waals surface area contributed by atoms with E-state index in [-0.39, 0.29) is 10.5 Å². The molecule has 0 saturated carbocycles. The summed E-state index contributed by atoms with van der Waals surface area (Å²) in [6.07, 6.45) is 3.19. The van der Waals surface area contributed by atoms with Crippen LogP contribution in [0.15, 0.2) is 0 Å². The quantitative estimate of drug-likeness (QED) is 0.698. The van der Waals surface area contributed by atoms with E-state index in [1.54, 1.807) is 0 Å². The van der Waals surface area contributed by atoms with E-state index in [1.807, 2.05) is 0 Å². The van der Waals surface area contributed by atoms with E-state index < -0.39 is 9.84 Å². The molecule has 2 heterocycles. The summed E-state index contributed by atoms with van der Waals surface area (Å²) >= 11 is 0. The zero-order valence-electron chi connectivity index (χ0n) is 9.04. The topological polar surface area (TPSA) is 58.2 Å². The molecule has 15 heavy (non-hydrogen) atoms. The smallest absolute Gasteiger partial charge is 0.156 e. The van der Waals surface area contributed by atoms with Crippen LogP contribution in [-0.2, 0) is 9.84 Å². The lowest BCUT2D eigenvalue weighted by Crippen LogP contribution is -2.44. The lowest BCUT2D eigenvalue weighted by molar-refractivity contribution is 0.462. The lowest BCUT2D eigenvalue weighted by Gasteiger charge is -2.29. The number of hydrogen-bond acceptors (Lipinski definition) is 4. The van der Waals surface area contributed by atoms with Crippen molar-refractivity contribution in [3.63, 3.8) is 0 Å². The van der Waals surface area contributed by atoms with Crippen LogP contribution in [0.25, 0.3) is 0 Å². The zero-order chi connectivity index (χ0) is 10.7. The van der Waals surface area contributed by atoms with Gasteiger partial charge in [-0.05, 0) is 51.9 Å². The van der Waals surface area contributed by atoms with Crippen LogP contribution in [0.1, 0.15) is 25.7 Å². The molecule has 0 radical (unpaired) electrons. The molecule has 4 nitrogen and oxygen atoms in total. The van der Waals surface area contributed by atoms with Crippen molar-refractivity contribution in [3.8, 4) is 0 Å². The molecule has 0 unspecified atom stereocenters. The van der Waals surface area contributed by atoms with Gasteiger partial charge in [0.1, 0.15) is 0 Å². The predicted octanol–water partition coefficient (Wildman–Crippen LogP) is -0.0948. The number of piperidine rings is 2. The van der Waals surface area contributed by atoms with Gasteiger partial charge in [-0.15, -0.1) is 0 Å². The van der Waals surface area contributed by atoms with E-state index in [2.05, 4.69) is 10.6 Å². The fourth-order valence-electron chi connectivity index (χ4n) is 2.52. The summed E-state index contributed by atoms with van der Waals surface area (Å²) in [4.78, 5) is 0. The zero-order valence-corrected chi connectivity index (χ0v) is 9.85. The Kier molecular flexibility index (Phi) is 3.64. The highest BCUT2D eigenvalue weighted by Gasteiger charge is 2.35. The Morgan fingerprint density at radius 1 is 0.733 bits per heavy atom. The SMILES string of the molecule is O=S(=O)(C1CCNCC1)C1CCNCC1. The highest BCUT2D eigenvalue weighted by molar-refractivity contribution is 7.92. The monoisotopic (exact) mass is 232 g/mol. The van der Waals surface area contributed by atoms with Crippen molar-refractivity contribution in [2.24, 2.45) is 0 Å². The molecule has 2 saturated heterocycles. The maximum Gasteiger partial charge on any atom is 0.156 e. The third kappa shape index (κ3) is 2.52. The summed E-state index contributed by atoms with van der Waals surface area (Å²) in [5.74, 6) is 0. The minimum Gasteiger partial charge on any atom is -0.317 e. The van der Waals surface area contributed by atoms with Crippen LogP contribution < -0.4 is 10.6 Å². The molecule has 2 aliphatic rings. The van der Waals surface area contributed by atoms with E-state index in [1.165, 1.54) is 0 Å². The summed E-state index contributed by atoms with van der Waals surface area (Å²) < 4.78 is 24.6. The van der Waals surface area contributed by atoms with E-state index in [0.717, 1.165) is 51.9 Å². The van der Waals surface area contributed by atoms with E-state index in [0.29, 0.717) is 0 Å². The van der Waals surface area contributed by atoms with Crippen LogP contribution in [0.5, 0.6) is 0 Å². The molecule has 0 aromatic carbocycles. The summed E-state index contributed by atoms with van der Waals surface area (Å²) in [5.41, 5.74) is 0. The van der Waals surface area contributed by atoms with Crippen LogP contribution in [0, 0.1) is 0 Å². The normalized spacial score (nSPS) is 26.7. The van der Waals surface area contributed by atoms with Gasteiger partial charge < -0.3 is 10.6 Å². The van der Waals surface area contributed by atoms with Crippen molar-refractivity contribution >= 4 is 9.84 Å². The van der Waals surface area contributed by atoms with Crippen LogP contribution in [0.4, 0.5) is 0 Å². The first kappa shape index (κ1) is 11.4. The van der Waals surface area contributed by atoms with Gasteiger partial charge in [-0.2, -0.15) is 0 Å². The maximum atomic E-state index is 12.3. The molecule has 0 bridgehead atoms. The molecule has 2 aliphatic heterocycles. The number of hydrogen-bond donors (Lipinski definition) is 2. The molecular formula is C10H20N2O2S. The van der Waals surface area contributed by atoms with Crippen molar-refractivity contribution in [2.45, 2.75) is 36.2 Å². The number of nitrogens with one attached hydrogen (secondary N) is 2. The van der Waals surface area contributed by atoms with E-state index in [4.69, 9.17) is 0 Å². The highest BCUT2D eigenvalue weighted by atomic mass is 32.2. The molecule has 0 spiro atoms. The third-order valence-electron chi connectivity index (χ3n) is 3.50. The van der Waals surface area contributed by atoms with Gasteiger partial charge in [-0.25, -0.2) is 8.42 Å². The van der Waals surface area contributed by atoms with Crippen molar-refractivity contribution in [2.75, 3.05) is 26.2 Å². The largest absolute Gasteiger partial charge is 0.317 e. The van der Waals surface area contributed by atoms with Gasteiger partial charge in [0.2, 0.25) is 0 Å². The molecule has 0 atom stereocenters. The Bertz CT molecular complexity index is 267. The average Bonchev–Trinajstić information content (AvgIpc) is 2.31. The summed E-state index contributed by atoms with van der Waals surface area (Å²) in [6.45, 7) is 3.42. The van der Waals surface area contributed by atoms with E-state index >= 15 is 0 Å². The Balaban J connectivity index is 2.03. The van der Waals surface area contributed by atoms with Gasteiger partial charge in [0.05, 0.1) is 10.5 Å². The van der Waals surface area contributed by atoms with Crippen molar-refractivity contribution in [3.05, 3.63) is 0 Å². The second kappa shape index (κ2) is 4.80. The molecule has 0 amide bonds. The molecular weight excluding hydrogens is 212 g/mol. The van der Waals surface area contributed by atoms with Crippen molar-refractivity contribution in [1.82, 2.24) is 10.6 Å². The Morgan fingerprint density at radius 3 is 1.40 bits per heavy atom. The molecule has 2 fully saturated rings. The summed E-state index contributed by atoms with van der Waals surface area (Å²) in [7, 11) is -2.87. The van der Waals surface area contributed by atoms with Crippen LogP contribution in [0.3, 0.4) is 0 Å². The van der Waals surface area contributed by atoms with Gasteiger partial charge in [-0.3, -0.25) is 0 Å². The Hall–Kier alpha value is -0.130. The first-order valence-corrected chi connectivity index (χ1v) is 7.46. The number of rotatable bonds is 2. The van der Waals surface area contributed by atoms with Crippen molar-refractivity contribution < 1.29 is 8.42 Å². The predicted molar refractivity (Wildman–Crippen MR) is 60.7 cm³/mol.